The van der Waals surface area contributed by atoms with Gasteiger partial charge in [0, 0.05) is 26.2 Å². The average Bonchev–Trinajstić information content (AvgIpc) is 2.91. The highest BCUT2D eigenvalue weighted by atomic mass is 16.6. The largest absolute Gasteiger partial charge is 0.396 e. The molecule has 5 N–H and O–H groups in total. The number of hydrogen-bond acceptors (Lipinski definition) is 8. The minimum atomic E-state index is -0.460. The van der Waals surface area contributed by atoms with E-state index in [-0.39, 0.29) is 18.1 Å². The third-order valence-electron chi connectivity index (χ3n) is 7.11. The molecule has 0 amide bonds. The molecule has 1 saturated carbocycles. The molecule has 190 valence electrons. The van der Waals surface area contributed by atoms with Crippen LogP contribution in [0.3, 0.4) is 0 Å². The Hall–Kier alpha value is -3.56. The second kappa shape index (κ2) is 11.9. The summed E-state index contributed by atoms with van der Waals surface area (Å²) in [5.74, 6) is 1.34. The Morgan fingerprint density at radius 2 is 1.86 bits per heavy atom. The highest BCUT2D eigenvalue weighted by Crippen LogP contribution is 2.30. The number of rotatable bonds is 10. The molecule has 0 aliphatic heterocycles. The highest BCUT2D eigenvalue weighted by Gasteiger charge is 2.23. The standard InChI is InChI=1S/C27H34N6O3/c1-18-23(6-3-7-24(18)22-5-2-4-21(12-22)13-28)15-30-27-31-16-25(33(35)36)26(32-27)29-14-19-8-10-20(17-34)11-9-19/h2-7,12,16,19-20,34H,8-11,13-15,17,28H2,1H3,(H2,29,30,31,32). The minimum absolute atomic E-state index is 0.137. The van der Waals surface area contributed by atoms with Crippen molar-refractivity contribution in [1.29, 1.82) is 0 Å². The van der Waals surface area contributed by atoms with Crippen LogP contribution in [-0.2, 0) is 13.1 Å². The summed E-state index contributed by atoms with van der Waals surface area (Å²) in [6.45, 7) is 3.90. The van der Waals surface area contributed by atoms with Gasteiger partial charge in [-0.25, -0.2) is 4.98 Å². The molecule has 4 rings (SSSR count). The molecule has 0 spiro atoms. The molecule has 0 saturated heterocycles. The summed E-state index contributed by atoms with van der Waals surface area (Å²) in [4.78, 5) is 19.7. The van der Waals surface area contributed by atoms with E-state index < -0.39 is 4.92 Å². The SMILES string of the molecule is Cc1c(CNc2ncc([N+](=O)[O-])c(NCC3CCC(CO)CC3)n2)cccc1-c1cccc(CN)c1. The van der Waals surface area contributed by atoms with Crippen LogP contribution in [-0.4, -0.2) is 33.1 Å². The van der Waals surface area contributed by atoms with Crippen LogP contribution in [0.1, 0.15) is 42.4 Å². The topological polar surface area (TPSA) is 139 Å². The number of nitrogens with zero attached hydrogens (tertiary/aromatic N) is 3. The lowest BCUT2D eigenvalue weighted by molar-refractivity contribution is -0.384. The van der Waals surface area contributed by atoms with Gasteiger partial charge >= 0.3 is 5.69 Å². The van der Waals surface area contributed by atoms with Crippen molar-refractivity contribution in [2.24, 2.45) is 17.6 Å². The Kier molecular flexibility index (Phi) is 8.45. The molecule has 9 nitrogen and oxygen atoms in total. The van der Waals surface area contributed by atoms with Gasteiger partial charge in [0.05, 0.1) is 4.92 Å². The third kappa shape index (κ3) is 6.16. The van der Waals surface area contributed by atoms with Crippen molar-refractivity contribution >= 4 is 17.5 Å². The molecule has 0 radical (unpaired) electrons. The van der Waals surface area contributed by atoms with Gasteiger partial charge in [-0.15, -0.1) is 0 Å². The molecule has 0 bridgehead atoms. The van der Waals surface area contributed by atoms with Gasteiger partial charge in [0.2, 0.25) is 11.8 Å². The van der Waals surface area contributed by atoms with E-state index in [2.05, 4.69) is 45.7 Å². The van der Waals surface area contributed by atoms with Crippen LogP contribution in [0.25, 0.3) is 11.1 Å². The van der Waals surface area contributed by atoms with Crippen molar-refractivity contribution in [2.45, 2.75) is 45.7 Å². The average molecular weight is 491 g/mol. The van der Waals surface area contributed by atoms with Gasteiger partial charge in [0.25, 0.3) is 0 Å². The quantitative estimate of drug-likeness (QED) is 0.238. The third-order valence-corrected chi connectivity index (χ3v) is 7.11. The molecule has 36 heavy (non-hydrogen) atoms. The summed E-state index contributed by atoms with van der Waals surface area (Å²) >= 11 is 0. The lowest BCUT2D eigenvalue weighted by atomic mass is 9.82. The number of nitrogens with two attached hydrogens (primary N) is 1. The smallest absolute Gasteiger partial charge is 0.329 e. The second-order valence-electron chi connectivity index (χ2n) is 9.48. The molecule has 0 unspecified atom stereocenters. The van der Waals surface area contributed by atoms with Crippen LogP contribution in [0.4, 0.5) is 17.5 Å². The van der Waals surface area contributed by atoms with E-state index in [1.54, 1.807) is 0 Å². The summed E-state index contributed by atoms with van der Waals surface area (Å²) < 4.78 is 0. The van der Waals surface area contributed by atoms with Gasteiger partial charge in [0.15, 0.2) is 0 Å². The monoisotopic (exact) mass is 490 g/mol. The number of benzene rings is 2. The lowest BCUT2D eigenvalue weighted by Gasteiger charge is -2.27. The number of aromatic nitrogens is 2. The van der Waals surface area contributed by atoms with Gasteiger partial charge in [-0.2, -0.15) is 4.98 Å². The molecule has 0 atom stereocenters. The summed E-state index contributed by atoms with van der Waals surface area (Å²) in [5.41, 5.74) is 11.2. The van der Waals surface area contributed by atoms with E-state index in [0.717, 1.165) is 53.5 Å². The Labute approximate surface area is 211 Å². The molecule has 1 heterocycles. The number of nitro groups is 1. The first kappa shape index (κ1) is 25.5. The Morgan fingerprint density at radius 3 is 2.58 bits per heavy atom. The van der Waals surface area contributed by atoms with Crippen molar-refractivity contribution in [3.8, 4) is 11.1 Å². The maximum atomic E-state index is 11.5. The van der Waals surface area contributed by atoms with Crippen LogP contribution in [0.5, 0.6) is 0 Å². The summed E-state index contributed by atoms with van der Waals surface area (Å²) in [7, 11) is 0. The first-order chi connectivity index (χ1) is 17.5. The predicted molar refractivity (Wildman–Crippen MR) is 142 cm³/mol. The number of aliphatic hydroxyl groups excluding tert-OH is 1. The number of aliphatic hydroxyl groups is 1. The fraction of sp³-hybridized carbons (Fsp3) is 0.407. The van der Waals surface area contributed by atoms with Crippen molar-refractivity contribution in [2.75, 3.05) is 23.8 Å². The van der Waals surface area contributed by atoms with Crippen molar-refractivity contribution < 1.29 is 10.0 Å². The number of nitrogens with one attached hydrogen (secondary N) is 2. The van der Waals surface area contributed by atoms with E-state index >= 15 is 0 Å². The number of hydrogen-bond donors (Lipinski definition) is 4. The van der Waals surface area contributed by atoms with Crippen molar-refractivity contribution in [3.05, 3.63) is 75.5 Å². The van der Waals surface area contributed by atoms with E-state index in [9.17, 15) is 15.2 Å². The van der Waals surface area contributed by atoms with E-state index in [4.69, 9.17) is 5.73 Å². The van der Waals surface area contributed by atoms with Crippen LogP contribution in [0.2, 0.25) is 0 Å². The maximum Gasteiger partial charge on any atom is 0.329 e. The molecular weight excluding hydrogens is 456 g/mol. The van der Waals surface area contributed by atoms with Crippen molar-refractivity contribution in [3.63, 3.8) is 0 Å². The molecular formula is C27H34N6O3. The van der Waals surface area contributed by atoms with Gasteiger partial charge < -0.3 is 21.5 Å². The Balaban J connectivity index is 1.45. The molecule has 1 aliphatic carbocycles. The fourth-order valence-electron chi connectivity index (χ4n) is 4.81. The zero-order valence-electron chi connectivity index (χ0n) is 20.6. The molecule has 2 aromatic carbocycles. The Morgan fingerprint density at radius 1 is 1.11 bits per heavy atom. The zero-order valence-corrected chi connectivity index (χ0v) is 20.6. The zero-order chi connectivity index (χ0) is 25.5. The van der Waals surface area contributed by atoms with Crippen LogP contribution in [0.15, 0.2) is 48.7 Å². The summed E-state index contributed by atoms with van der Waals surface area (Å²) in [5, 5.41) is 27.3. The molecule has 1 aromatic heterocycles. The van der Waals surface area contributed by atoms with Crippen LogP contribution >= 0.6 is 0 Å². The van der Waals surface area contributed by atoms with Gasteiger partial charge in [-0.3, -0.25) is 10.1 Å². The van der Waals surface area contributed by atoms with Crippen LogP contribution < -0.4 is 16.4 Å². The molecule has 3 aromatic rings. The first-order valence-electron chi connectivity index (χ1n) is 12.5. The maximum absolute atomic E-state index is 11.5. The van der Waals surface area contributed by atoms with Gasteiger partial charge in [-0.1, -0.05) is 36.4 Å². The fourth-order valence-corrected chi connectivity index (χ4v) is 4.81. The molecule has 1 fully saturated rings. The lowest BCUT2D eigenvalue weighted by Crippen LogP contribution is -2.23. The molecule has 1 aliphatic rings. The van der Waals surface area contributed by atoms with Crippen molar-refractivity contribution in [1.82, 2.24) is 9.97 Å². The number of anilines is 2. The summed E-state index contributed by atoms with van der Waals surface area (Å²) in [6.07, 6.45) is 5.20. The minimum Gasteiger partial charge on any atom is -0.396 e. The van der Waals surface area contributed by atoms with Crippen LogP contribution in [0, 0.1) is 28.9 Å². The van der Waals surface area contributed by atoms with E-state index in [1.807, 2.05) is 24.3 Å². The molecule has 9 heteroatoms. The normalized spacial score (nSPS) is 17.5. The highest BCUT2D eigenvalue weighted by molar-refractivity contribution is 5.69. The van der Waals surface area contributed by atoms with E-state index in [0.29, 0.717) is 37.4 Å². The predicted octanol–water partition coefficient (Wildman–Crippen LogP) is 4.64. The Bertz CT molecular complexity index is 1190. The van der Waals surface area contributed by atoms with Gasteiger partial charge in [-0.05, 0) is 78.3 Å². The van der Waals surface area contributed by atoms with Gasteiger partial charge in [0.1, 0.15) is 6.20 Å². The van der Waals surface area contributed by atoms with E-state index in [1.165, 1.54) is 6.20 Å². The first-order valence-corrected chi connectivity index (χ1v) is 12.5. The second-order valence-corrected chi connectivity index (χ2v) is 9.48. The summed E-state index contributed by atoms with van der Waals surface area (Å²) in [6, 6.07) is 14.4.